The summed E-state index contributed by atoms with van der Waals surface area (Å²) < 4.78 is 11.9. The Morgan fingerprint density at radius 2 is 1.86 bits per heavy atom. The van der Waals surface area contributed by atoms with Gasteiger partial charge in [-0.3, -0.25) is 9.59 Å². The number of methoxy groups -OCH3 is 1. The lowest BCUT2D eigenvalue weighted by Crippen LogP contribution is -2.43. The normalized spacial score (nSPS) is 17.4. The Hall–Kier alpha value is -3.10. The number of hydrogen-bond donors (Lipinski definition) is 1. The summed E-state index contributed by atoms with van der Waals surface area (Å²) in [5, 5.41) is 9.74. The fraction of sp³-hybridized carbons (Fsp3) is 0.423. The highest BCUT2D eigenvalue weighted by Crippen LogP contribution is 2.40. The number of amides is 2. The summed E-state index contributed by atoms with van der Waals surface area (Å²) in [4.78, 5) is 40.0. The zero-order chi connectivity index (χ0) is 25.8. The smallest absolute Gasteiger partial charge is 0.394 e. The molecular weight excluding hydrogens is 472 g/mol. The predicted octanol–water partition coefficient (Wildman–Crippen LogP) is 4.15. The van der Waals surface area contributed by atoms with Gasteiger partial charge in [0.1, 0.15) is 11.9 Å². The van der Waals surface area contributed by atoms with Gasteiger partial charge in [-0.15, -0.1) is 0 Å². The van der Waals surface area contributed by atoms with Crippen molar-refractivity contribution in [3.05, 3.63) is 58.6 Å². The molecule has 1 aliphatic rings. The van der Waals surface area contributed by atoms with Crippen molar-refractivity contribution in [1.82, 2.24) is 4.90 Å². The number of para-hydroxylation sites is 1. The number of hydrogen-bond acceptors (Lipinski definition) is 5. The van der Waals surface area contributed by atoms with E-state index in [9.17, 15) is 19.5 Å². The van der Waals surface area contributed by atoms with Crippen LogP contribution in [0.2, 0.25) is 5.02 Å². The average molecular weight is 503 g/mol. The van der Waals surface area contributed by atoms with E-state index in [1.165, 1.54) is 0 Å². The minimum Gasteiger partial charge on any atom is -0.496 e. The number of anilines is 1. The molecule has 1 atom stereocenters. The number of carbonyl (C=O) groups is 3. The second-order valence-corrected chi connectivity index (χ2v) is 10.0. The number of aliphatic carboxylic acids is 1. The molecule has 0 aliphatic carbocycles. The van der Waals surface area contributed by atoms with Crippen molar-refractivity contribution in [3.63, 3.8) is 0 Å². The van der Waals surface area contributed by atoms with E-state index in [2.05, 4.69) is 0 Å². The average Bonchev–Trinajstić information content (AvgIpc) is 2.82. The second-order valence-electron chi connectivity index (χ2n) is 9.58. The predicted molar refractivity (Wildman–Crippen MR) is 133 cm³/mol. The molecule has 1 unspecified atom stereocenters. The maximum Gasteiger partial charge on any atom is 0.394 e. The van der Waals surface area contributed by atoms with Crippen LogP contribution in [0.4, 0.5) is 5.69 Å². The van der Waals surface area contributed by atoms with Crippen LogP contribution in [0.1, 0.15) is 44.4 Å². The molecule has 0 aromatic heterocycles. The molecule has 2 aromatic carbocycles. The number of fused-ring (bicyclic) bond motifs is 1. The Labute approximate surface area is 210 Å². The van der Waals surface area contributed by atoms with Gasteiger partial charge in [0, 0.05) is 47.9 Å². The maximum absolute atomic E-state index is 13.5. The summed E-state index contributed by atoms with van der Waals surface area (Å²) >= 11 is 6.41. The van der Waals surface area contributed by atoms with Crippen LogP contribution in [0, 0.1) is 5.41 Å². The standard InChI is InChI=1S/C26H31ClN2O6/c1-26(2,3)16-29-20-10-9-17(27)15-19(20)23(18-7-5-6-8-21(18)34-4)35-14-13-28(12-11-22(29)30)24(31)25(32)33/h5-10,15,23H,11-14,16H2,1-4H3,(H,32,33). The lowest BCUT2D eigenvalue weighted by atomic mass is 9.93. The first kappa shape index (κ1) is 26.5. The molecule has 35 heavy (non-hydrogen) atoms. The Bertz CT molecular complexity index is 1100. The Morgan fingerprint density at radius 1 is 1.14 bits per heavy atom. The van der Waals surface area contributed by atoms with Crippen LogP contribution in [0.3, 0.4) is 0 Å². The molecule has 0 saturated carbocycles. The van der Waals surface area contributed by atoms with Crippen molar-refractivity contribution in [3.8, 4) is 5.75 Å². The largest absolute Gasteiger partial charge is 0.496 e. The number of rotatable bonds is 3. The van der Waals surface area contributed by atoms with Gasteiger partial charge in [0.15, 0.2) is 0 Å². The van der Waals surface area contributed by atoms with E-state index in [1.54, 1.807) is 30.2 Å². The minimum absolute atomic E-state index is 0.0131. The van der Waals surface area contributed by atoms with E-state index in [0.717, 1.165) is 10.5 Å². The number of carboxylic acid groups (broad SMARTS) is 1. The summed E-state index contributed by atoms with van der Waals surface area (Å²) in [6.45, 7) is 6.49. The first-order valence-corrected chi connectivity index (χ1v) is 11.8. The van der Waals surface area contributed by atoms with Crippen LogP contribution in [-0.2, 0) is 19.1 Å². The number of carbonyl (C=O) groups excluding carboxylic acids is 2. The monoisotopic (exact) mass is 502 g/mol. The van der Waals surface area contributed by atoms with Crippen molar-refractivity contribution < 1.29 is 29.0 Å². The summed E-state index contributed by atoms with van der Waals surface area (Å²) in [5.74, 6) is -2.29. The molecule has 1 aliphatic heterocycles. The van der Waals surface area contributed by atoms with Crippen LogP contribution in [0.15, 0.2) is 42.5 Å². The van der Waals surface area contributed by atoms with Crippen molar-refractivity contribution in [1.29, 1.82) is 0 Å². The Balaban J connectivity index is 2.19. The van der Waals surface area contributed by atoms with E-state index >= 15 is 0 Å². The molecule has 0 bridgehead atoms. The van der Waals surface area contributed by atoms with E-state index in [-0.39, 0.29) is 37.4 Å². The van der Waals surface area contributed by atoms with Gasteiger partial charge in [-0.1, -0.05) is 50.6 Å². The second kappa shape index (κ2) is 11.1. The van der Waals surface area contributed by atoms with Gasteiger partial charge in [-0.05, 0) is 29.7 Å². The highest BCUT2D eigenvalue weighted by molar-refractivity contribution is 6.31. The number of halogens is 1. The van der Waals surface area contributed by atoms with Gasteiger partial charge in [-0.25, -0.2) is 4.79 Å². The highest BCUT2D eigenvalue weighted by Gasteiger charge is 2.31. The molecule has 0 spiro atoms. The van der Waals surface area contributed by atoms with Gasteiger partial charge >= 0.3 is 11.9 Å². The number of nitrogens with zero attached hydrogens (tertiary/aromatic N) is 2. The molecule has 8 nitrogen and oxygen atoms in total. The fourth-order valence-corrected chi connectivity index (χ4v) is 4.27. The van der Waals surface area contributed by atoms with Crippen LogP contribution in [0.5, 0.6) is 5.75 Å². The van der Waals surface area contributed by atoms with Crippen molar-refractivity contribution >= 4 is 35.1 Å². The number of carboxylic acids is 1. The molecule has 1 N–H and O–H groups in total. The summed E-state index contributed by atoms with van der Waals surface area (Å²) in [5.41, 5.74) is 1.79. The van der Waals surface area contributed by atoms with Crippen LogP contribution in [-0.4, -0.2) is 61.1 Å². The first-order chi connectivity index (χ1) is 16.5. The third kappa shape index (κ3) is 6.52. The number of benzene rings is 2. The lowest BCUT2D eigenvalue weighted by molar-refractivity contribution is -0.156. The van der Waals surface area contributed by atoms with Gasteiger partial charge in [0.25, 0.3) is 0 Å². The SMILES string of the molecule is COc1ccccc1C1OCCN(C(=O)C(=O)O)CCC(=O)N(CC(C)(C)C)c2ccc(Cl)cc21. The van der Waals surface area contributed by atoms with E-state index in [0.29, 0.717) is 28.6 Å². The molecule has 2 aromatic rings. The van der Waals surface area contributed by atoms with Crippen LogP contribution in [0.25, 0.3) is 0 Å². The summed E-state index contributed by atoms with van der Waals surface area (Å²) in [7, 11) is 1.56. The molecule has 0 fully saturated rings. The van der Waals surface area contributed by atoms with Gasteiger partial charge < -0.3 is 24.4 Å². The van der Waals surface area contributed by atoms with E-state index in [4.69, 9.17) is 21.1 Å². The summed E-state index contributed by atoms with van der Waals surface area (Å²) in [6, 6.07) is 12.7. The third-order valence-corrected chi connectivity index (χ3v) is 5.86. The first-order valence-electron chi connectivity index (χ1n) is 11.4. The quantitative estimate of drug-likeness (QED) is 0.633. The van der Waals surface area contributed by atoms with E-state index < -0.39 is 18.0 Å². The third-order valence-electron chi connectivity index (χ3n) is 5.63. The Morgan fingerprint density at radius 3 is 2.51 bits per heavy atom. The molecule has 1 heterocycles. The van der Waals surface area contributed by atoms with Crippen molar-refractivity contribution in [2.24, 2.45) is 5.41 Å². The molecule has 0 saturated heterocycles. The van der Waals surface area contributed by atoms with Crippen molar-refractivity contribution in [2.75, 3.05) is 38.3 Å². The van der Waals surface area contributed by atoms with Gasteiger partial charge in [0.2, 0.25) is 5.91 Å². The molecule has 0 radical (unpaired) electrons. The molecule has 188 valence electrons. The zero-order valence-electron chi connectivity index (χ0n) is 20.4. The highest BCUT2D eigenvalue weighted by atomic mass is 35.5. The molecule has 9 heteroatoms. The maximum atomic E-state index is 13.5. The molecule has 2 amide bonds. The van der Waals surface area contributed by atoms with Gasteiger partial charge in [0.05, 0.1) is 13.7 Å². The Kier molecular flexibility index (Phi) is 8.40. The number of ether oxygens (including phenoxy) is 2. The van der Waals surface area contributed by atoms with Gasteiger partial charge in [-0.2, -0.15) is 0 Å². The van der Waals surface area contributed by atoms with Crippen LogP contribution < -0.4 is 9.64 Å². The lowest BCUT2D eigenvalue weighted by Gasteiger charge is -2.33. The van der Waals surface area contributed by atoms with Crippen molar-refractivity contribution in [2.45, 2.75) is 33.3 Å². The topological polar surface area (TPSA) is 96.4 Å². The summed E-state index contributed by atoms with van der Waals surface area (Å²) in [6.07, 6.45) is -0.716. The van der Waals surface area contributed by atoms with E-state index in [1.807, 2.05) is 45.0 Å². The zero-order valence-corrected chi connectivity index (χ0v) is 21.2. The molecular formula is C26H31ClN2O6. The minimum atomic E-state index is -1.57. The van der Waals surface area contributed by atoms with Crippen LogP contribution >= 0.6 is 11.6 Å². The molecule has 3 rings (SSSR count). The fourth-order valence-electron chi connectivity index (χ4n) is 4.09.